The molecule has 1 unspecified atom stereocenters. The Morgan fingerprint density at radius 1 is 1.12 bits per heavy atom. The van der Waals surface area contributed by atoms with Crippen LogP contribution in [0.4, 0.5) is 0 Å². The number of pyridine rings is 1. The summed E-state index contributed by atoms with van der Waals surface area (Å²) in [6, 6.07) is 14.5. The number of nitrogens with one attached hydrogen (secondary N) is 2. The summed E-state index contributed by atoms with van der Waals surface area (Å²) in [7, 11) is 0. The molecule has 1 aliphatic rings. The summed E-state index contributed by atoms with van der Waals surface area (Å²) in [6.45, 7) is 0.588. The van der Waals surface area contributed by atoms with E-state index in [1.54, 1.807) is 18.2 Å². The molecule has 1 aliphatic heterocycles. The van der Waals surface area contributed by atoms with Gasteiger partial charge in [-0.15, -0.1) is 0 Å². The summed E-state index contributed by atoms with van der Waals surface area (Å²) >= 11 is 0. The first-order valence-electron chi connectivity index (χ1n) is 7.99. The number of amides is 1. The zero-order chi connectivity index (χ0) is 17.2. The van der Waals surface area contributed by atoms with E-state index in [-0.39, 0.29) is 23.6 Å². The minimum Gasteiger partial charge on any atom is -0.486 e. The maximum absolute atomic E-state index is 12.4. The third-order valence-corrected chi connectivity index (χ3v) is 4.09. The van der Waals surface area contributed by atoms with Crippen molar-refractivity contribution in [3.63, 3.8) is 0 Å². The van der Waals surface area contributed by atoms with Gasteiger partial charge < -0.3 is 19.8 Å². The quantitative estimate of drug-likeness (QED) is 0.767. The second kappa shape index (κ2) is 6.32. The number of carbonyl (C=O) groups is 1. The van der Waals surface area contributed by atoms with Crippen molar-refractivity contribution >= 4 is 16.8 Å². The number of carbonyl (C=O) groups excluding carboxylic acids is 1. The van der Waals surface area contributed by atoms with Gasteiger partial charge in [-0.25, -0.2) is 0 Å². The first-order valence-corrected chi connectivity index (χ1v) is 7.99. The maximum Gasteiger partial charge on any atom is 0.256 e. The Labute approximate surface area is 143 Å². The van der Waals surface area contributed by atoms with E-state index in [1.807, 2.05) is 30.3 Å². The van der Waals surface area contributed by atoms with Crippen molar-refractivity contribution in [2.75, 3.05) is 13.2 Å². The van der Waals surface area contributed by atoms with Gasteiger partial charge in [0.2, 0.25) is 5.43 Å². The van der Waals surface area contributed by atoms with Crippen LogP contribution in [0, 0.1) is 0 Å². The number of hydrogen-bond acceptors (Lipinski definition) is 4. The molecule has 3 aromatic rings. The number of para-hydroxylation sites is 3. The van der Waals surface area contributed by atoms with Crippen LogP contribution in [0.1, 0.15) is 10.4 Å². The van der Waals surface area contributed by atoms with Crippen molar-refractivity contribution in [3.8, 4) is 11.5 Å². The van der Waals surface area contributed by atoms with Gasteiger partial charge in [-0.1, -0.05) is 24.3 Å². The Hall–Kier alpha value is -3.28. The van der Waals surface area contributed by atoms with E-state index in [0.717, 1.165) is 0 Å². The Kier molecular flexibility index (Phi) is 3.85. The number of fused-ring (bicyclic) bond motifs is 2. The van der Waals surface area contributed by atoms with Gasteiger partial charge in [0.05, 0.1) is 6.54 Å². The standard InChI is InChI=1S/C19H16N2O4/c22-18-13-5-1-2-6-15(13)20-10-14(18)19(23)21-9-12-11-24-16-7-3-4-8-17(16)25-12/h1-8,10,12H,9,11H2,(H,20,22)(H,21,23). The summed E-state index contributed by atoms with van der Waals surface area (Å²) in [5.74, 6) is 0.905. The molecule has 25 heavy (non-hydrogen) atoms. The molecule has 0 saturated heterocycles. The van der Waals surface area contributed by atoms with Crippen LogP contribution in [0.15, 0.2) is 59.5 Å². The summed E-state index contributed by atoms with van der Waals surface area (Å²) in [5.41, 5.74) is 0.485. The minimum atomic E-state index is -0.436. The monoisotopic (exact) mass is 336 g/mol. The molecule has 0 fully saturated rings. The molecule has 0 bridgehead atoms. The Balaban J connectivity index is 1.47. The molecule has 1 amide bonds. The molecular formula is C19H16N2O4. The van der Waals surface area contributed by atoms with Gasteiger partial charge in [0.25, 0.3) is 5.91 Å². The number of hydrogen-bond donors (Lipinski definition) is 2. The van der Waals surface area contributed by atoms with Gasteiger partial charge in [-0.05, 0) is 24.3 Å². The summed E-state index contributed by atoms with van der Waals surface area (Å²) < 4.78 is 11.4. The van der Waals surface area contributed by atoms with Crippen LogP contribution in [-0.4, -0.2) is 30.1 Å². The highest BCUT2D eigenvalue weighted by molar-refractivity contribution is 5.97. The van der Waals surface area contributed by atoms with Crippen molar-refractivity contribution in [1.82, 2.24) is 10.3 Å². The molecule has 126 valence electrons. The van der Waals surface area contributed by atoms with Crippen LogP contribution in [0.3, 0.4) is 0 Å². The summed E-state index contributed by atoms with van der Waals surface area (Å²) in [4.78, 5) is 27.8. The third-order valence-electron chi connectivity index (χ3n) is 4.09. The Morgan fingerprint density at radius 3 is 2.76 bits per heavy atom. The fraction of sp³-hybridized carbons (Fsp3) is 0.158. The highest BCUT2D eigenvalue weighted by atomic mass is 16.6. The second-order valence-electron chi connectivity index (χ2n) is 5.78. The predicted octanol–water partition coefficient (Wildman–Crippen LogP) is 2.10. The average molecular weight is 336 g/mol. The Morgan fingerprint density at radius 2 is 1.88 bits per heavy atom. The van der Waals surface area contributed by atoms with E-state index in [2.05, 4.69) is 10.3 Å². The third kappa shape index (κ3) is 2.94. The molecule has 4 rings (SSSR count). The lowest BCUT2D eigenvalue weighted by molar-refractivity contribution is 0.0788. The van der Waals surface area contributed by atoms with Crippen LogP contribution >= 0.6 is 0 Å². The number of ether oxygens (including phenoxy) is 2. The average Bonchev–Trinajstić information content (AvgIpc) is 2.66. The zero-order valence-electron chi connectivity index (χ0n) is 13.3. The minimum absolute atomic E-state index is 0.0795. The molecule has 0 radical (unpaired) electrons. The van der Waals surface area contributed by atoms with E-state index >= 15 is 0 Å². The molecule has 6 heteroatoms. The normalized spacial score (nSPS) is 15.8. The second-order valence-corrected chi connectivity index (χ2v) is 5.78. The van der Waals surface area contributed by atoms with Gasteiger partial charge in [0.1, 0.15) is 18.3 Å². The largest absolute Gasteiger partial charge is 0.486 e. The van der Waals surface area contributed by atoms with Crippen LogP contribution in [0.2, 0.25) is 0 Å². The van der Waals surface area contributed by atoms with Crippen molar-refractivity contribution in [1.29, 1.82) is 0 Å². The van der Waals surface area contributed by atoms with Gasteiger partial charge in [0, 0.05) is 17.1 Å². The van der Waals surface area contributed by atoms with Crippen LogP contribution in [0.25, 0.3) is 10.9 Å². The number of aromatic nitrogens is 1. The topological polar surface area (TPSA) is 80.4 Å². The van der Waals surface area contributed by atoms with Crippen LogP contribution < -0.4 is 20.2 Å². The predicted molar refractivity (Wildman–Crippen MR) is 93.3 cm³/mol. The van der Waals surface area contributed by atoms with E-state index < -0.39 is 5.91 Å². The van der Waals surface area contributed by atoms with Gasteiger partial charge >= 0.3 is 0 Å². The molecular weight excluding hydrogens is 320 g/mol. The molecule has 2 aromatic carbocycles. The van der Waals surface area contributed by atoms with Crippen LogP contribution in [-0.2, 0) is 0 Å². The molecule has 1 aromatic heterocycles. The summed E-state index contributed by atoms with van der Waals surface area (Å²) in [6.07, 6.45) is 1.13. The Bertz CT molecular complexity index is 996. The molecule has 0 saturated carbocycles. The molecule has 1 atom stereocenters. The van der Waals surface area contributed by atoms with E-state index in [0.29, 0.717) is 29.0 Å². The van der Waals surface area contributed by atoms with E-state index in [1.165, 1.54) is 6.20 Å². The highest BCUT2D eigenvalue weighted by Gasteiger charge is 2.22. The number of rotatable bonds is 3. The summed E-state index contributed by atoms with van der Waals surface area (Å²) in [5, 5.41) is 3.23. The zero-order valence-corrected chi connectivity index (χ0v) is 13.3. The van der Waals surface area contributed by atoms with Gasteiger partial charge in [-0.3, -0.25) is 9.59 Å². The van der Waals surface area contributed by atoms with Gasteiger partial charge in [-0.2, -0.15) is 0 Å². The number of benzene rings is 2. The fourth-order valence-electron chi connectivity index (χ4n) is 2.80. The smallest absolute Gasteiger partial charge is 0.256 e. The maximum atomic E-state index is 12.4. The molecule has 6 nitrogen and oxygen atoms in total. The highest BCUT2D eigenvalue weighted by Crippen LogP contribution is 2.30. The lowest BCUT2D eigenvalue weighted by atomic mass is 10.1. The molecule has 0 spiro atoms. The SMILES string of the molecule is O=C(NCC1COc2ccccc2O1)c1c[nH]c2ccccc2c1=O. The lowest BCUT2D eigenvalue weighted by Gasteiger charge is -2.26. The first kappa shape index (κ1) is 15.3. The molecule has 2 heterocycles. The van der Waals surface area contributed by atoms with E-state index in [9.17, 15) is 9.59 Å². The molecule has 0 aliphatic carbocycles. The van der Waals surface area contributed by atoms with Crippen molar-refractivity contribution in [2.24, 2.45) is 0 Å². The first-order chi connectivity index (χ1) is 12.2. The van der Waals surface area contributed by atoms with E-state index in [4.69, 9.17) is 9.47 Å². The number of H-pyrrole nitrogens is 1. The number of aromatic amines is 1. The van der Waals surface area contributed by atoms with Crippen LogP contribution in [0.5, 0.6) is 11.5 Å². The van der Waals surface area contributed by atoms with Gasteiger partial charge in [0.15, 0.2) is 11.5 Å². The molecule has 2 N–H and O–H groups in total. The van der Waals surface area contributed by atoms with Crippen molar-refractivity contribution in [3.05, 3.63) is 70.5 Å². The van der Waals surface area contributed by atoms with Crippen molar-refractivity contribution in [2.45, 2.75) is 6.10 Å². The fourth-order valence-corrected chi connectivity index (χ4v) is 2.80. The lowest BCUT2D eigenvalue weighted by Crippen LogP contribution is -2.41. The van der Waals surface area contributed by atoms with Crippen molar-refractivity contribution < 1.29 is 14.3 Å².